The third-order valence-electron chi connectivity index (χ3n) is 2.99. The van der Waals surface area contributed by atoms with Gasteiger partial charge in [-0.2, -0.15) is 0 Å². The molecule has 0 aliphatic rings. The molecule has 0 bridgehead atoms. The Morgan fingerprint density at radius 3 is 2.68 bits per heavy atom. The van der Waals surface area contributed by atoms with Gasteiger partial charge in [-0.05, 0) is 35.6 Å². The Morgan fingerprint density at radius 2 is 2.00 bits per heavy atom. The minimum absolute atomic E-state index is 0.0813. The summed E-state index contributed by atoms with van der Waals surface area (Å²) in [6.45, 7) is 4.72. The van der Waals surface area contributed by atoms with Crippen LogP contribution in [0.25, 0.3) is 0 Å². The minimum atomic E-state index is -0.122. The van der Waals surface area contributed by atoms with Gasteiger partial charge in [0, 0.05) is 22.7 Å². The molecule has 1 aromatic heterocycles. The molecule has 0 saturated heterocycles. The van der Waals surface area contributed by atoms with Gasteiger partial charge in [0.05, 0.1) is 6.42 Å². The summed E-state index contributed by atoms with van der Waals surface area (Å²) < 4.78 is 0. The maximum absolute atomic E-state index is 12.0. The van der Waals surface area contributed by atoms with Crippen molar-refractivity contribution >= 4 is 28.8 Å². The molecule has 4 nitrogen and oxygen atoms in total. The molecule has 5 heteroatoms. The quantitative estimate of drug-likeness (QED) is 0.859. The number of anilines is 1. The van der Waals surface area contributed by atoms with Crippen molar-refractivity contribution in [3.63, 3.8) is 0 Å². The van der Waals surface area contributed by atoms with Gasteiger partial charge in [0.15, 0.2) is 0 Å². The molecule has 2 aromatic rings. The van der Waals surface area contributed by atoms with Crippen LogP contribution in [0.15, 0.2) is 41.8 Å². The Labute approximate surface area is 134 Å². The van der Waals surface area contributed by atoms with E-state index in [1.54, 1.807) is 35.6 Å². The van der Waals surface area contributed by atoms with Gasteiger partial charge < -0.3 is 10.6 Å². The lowest BCUT2D eigenvalue weighted by molar-refractivity contribution is -0.115. The average molecular weight is 316 g/mol. The first-order valence-corrected chi connectivity index (χ1v) is 8.13. The molecule has 2 amide bonds. The number of nitrogens with one attached hydrogen (secondary N) is 2. The highest BCUT2D eigenvalue weighted by molar-refractivity contribution is 7.10. The first kappa shape index (κ1) is 16.2. The van der Waals surface area contributed by atoms with Gasteiger partial charge in [-0.15, -0.1) is 11.3 Å². The molecule has 0 spiro atoms. The van der Waals surface area contributed by atoms with E-state index in [4.69, 9.17) is 0 Å². The summed E-state index contributed by atoms with van der Waals surface area (Å²) in [5.41, 5.74) is 1.19. The first-order valence-electron chi connectivity index (χ1n) is 7.25. The summed E-state index contributed by atoms with van der Waals surface area (Å²) in [5, 5.41) is 7.64. The third kappa shape index (κ3) is 5.00. The smallest absolute Gasteiger partial charge is 0.251 e. The number of hydrogen-bond donors (Lipinski definition) is 2. The van der Waals surface area contributed by atoms with E-state index in [1.165, 1.54) is 0 Å². The van der Waals surface area contributed by atoms with Crippen LogP contribution >= 0.6 is 11.3 Å². The highest BCUT2D eigenvalue weighted by Gasteiger charge is 2.09. The summed E-state index contributed by atoms with van der Waals surface area (Å²) in [4.78, 5) is 25.0. The van der Waals surface area contributed by atoms with E-state index >= 15 is 0 Å². The largest absolute Gasteiger partial charge is 0.352 e. The standard InChI is InChI=1S/C17H20N2O2S/c1-12(2)11-18-17(21)13-5-3-6-14(9-13)19-16(20)10-15-7-4-8-22-15/h3-9,12H,10-11H2,1-2H3,(H,18,21)(H,19,20). The summed E-state index contributed by atoms with van der Waals surface area (Å²) in [6, 6.07) is 10.8. The topological polar surface area (TPSA) is 58.2 Å². The maximum Gasteiger partial charge on any atom is 0.251 e. The van der Waals surface area contributed by atoms with Crippen molar-refractivity contribution in [2.75, 3.05) is 11.9 Å². The molecule has 0 aliphatic carbocycles. The molecule has 0 atom stereocenters. The normalized spacial score (nSPS) is 10.5. The fourth-order valence-corrected chi connectivity index (χ4v) is 2.62. The second kappa shape index (κ2) is 7.75. The molecule has 2 rings (SSSR count). The van der Waals surface area contributed by atoms with Gasteiger partial charge in [-0.25, -0.2) is 0 Å². The van der Waals surface area contributed by atoms with E-state index in [2.05, 4.69) is 10.6 Å². The Morgan fingerprint density at radius 1 is 1.18 bits per heavy atom. The Kier molecular flexibility index (Phi) is 5.72. The van der Waals surface area contributed by atoms with Crippen LogP contribution in [-0.4, -0.2) is 18.4 Å². The monoisotopic (exact) mass is 316 g/mol. The van der Waals surface area contributed by atoms with Crippen LogP contribution in [0, 0.1) is 5.92 Å². The number of thiophene rings is 1. The van der Waals surface area contributed by atoms with Gasteiger partial charge in [-0.3, -0.25) is 9.59 Å². The minimum Gasteiger partial charge on any atom is -0.352 e. The van der Waals surface area contributed by atoms with E-state index in [9.17, 15) is 9.59 Å². The van der Waals surface area contributed by atoms with Crippen LogP contribution in [0.3, 0.4) is 0 Å². The molecule has 2 N–H and O–H groups in total. The fourth-order valence-electron chi connectivity index (χ4n) is 1.91. The van der Waals surface area contributed by atoms with Crippen LogP contribution in [-0.2, 0) is 11.2 Å². The zero-order valence-corrected chi connectivity index (χ0v) is 13.6. The van der Waals surface area contributed by atoms with E-state index in [1.807, 2.05) is 31.4 Å². The zero-order valence-electron chi connectivity index (χ0n) is 12.8. The third-order valence-corrected chi connectivity index (χ3v) is 3.87. The van der Waals surface area contributed by atoms with E-state index in [-0.39, 0.29) is 11.8 Å². The van der Waals surface area contributed by atoms with Crippen LogP contribution in [0.2, 0.25) is 0 Å². The molecule has 0 saturated carbocycles. The van der Waals surface area contributed by atoms with Gasteiger partial charge in [0.1, 0.15) is 0 Å². The van der Waals surface area contributed by atoms with Crippen molar-refractivity contribution in [3.05, 3.63) is 52.2 Å². The Balaban J connectivity index is 1.96. The molecular formula is C17H20N2O2S. The van der Waals surface area contributed by atoms with E-state index in [0.717, 1.165) is 4.88 Å². The fraction of sp³-hybridized carbons (Fsp3) is 0.294. The maximum atomic E-state index is 12.0. The van der Waals surface area contributed by atoms with Gasteiger partial charge in [0.2, 0.25) is 5.91 Å². The van der Waals surface area contributed by atoms with Gasteiger partial charge >= 0.3 is 0 Å². The molecule has 22 heavy (non-hydrogen) atoms. The molecule has 1 heterocycles. The highest BCUT2D eigenvalue weighted by atomic mass is 32.1. The number of amides is 2. The predicted octanol–water partition coefficient (Wildman–Crippen LogP) is 3.32. The Bertz CT molecular complexity index is 636. The van der Waals surface area contributed by atoms with Crippen LogP contribution in [0.1, 0.15) is 29.1 Å². The predicted molar refractivity (Wildman–Crippen MR) is 90.3 cm³/mol. The summed E-state index contributed by atoms with van der Waals surface area (Å²) >= 11 is 1.55. The van der Waals surface area contributed by atoms with Crippen LogP contribution < -0.4 is 10.6 Å². The lowest BCUT2D eigenvalue weighted by Gasteiger charge is -2.09. The number of carbonyl (C=O) groups excluding carboxylic acids is 2. The summed E-state index contributed by atoms with van der Waals surface area (Å²) in [7, 11) is 0. The summed E-state index contributed by atoms with van der Waals surface area (Å²) in [5.74, 6) is 0.197. The van der Waals surface area contributed by atoms with Gasteiger partial charge in [-0.1, -0.05) is 26.0 Å². The van der Waals surface area contributed by atoms with Crippen molar-refractivity contribution in [1.29, 1.82) is 0 Å². The van der Waals surface area contributed by atoms with Crippen molar-refractivity contribution < 1.29 is 9.59 Å². The number of rotatable bonds is 6. The second-order valence-corrected chi connectivity index (χ2v) is 6.52. The molecule has 0 aliphatic heterocycles. The molecular weight excluding hydrogens is 296 g/mol. The lowest BCUT2D eigenvalue weighted by atomic mass is 10.1. The van der Waals surface area contributed by atoms with Crippen LogP contribution in [0.4, 0.5) is 5.69 Å². The summed E-state index contributed by atoms with van der Waals surface area (Å²) in [6.07, 6.45) is 0.349. The molecule has 116 valence electrons. The number of hydrogen-bond acceptors (Lipinski definition) is 3. The van der Waals surface area contributed by atoms with Gasteiger partial charge in [0.25, 0.3) is 5.91 Å². The first-order chi connectivity index (χ1) is 10.5. The van der Waals surface area contributed by atoms with Crippen LogP contribution in [0.5, 0.6) is 0 Å². The van der Waals surface area contributed by atoms with Crippen molar-refractivity contribution in [2.24, 2.45) is 5.92 Å². The second-order valence-electron chi connectivity index (χ2n) is 5.49. The molecule has 0 unspecified atom stereocenters. The lowest BCUT2D eigenvalue weighted by Crippen LogP contribution is -2.27. The average Bonchev–Trinajstić information content (AvgIpc) is 2.97. The van der Waals surface area contributed by atoms with E-state index in [0.29, 0.717) is 30.1 Å². The molecule has 0 radical (unpaired) electrons. The van der Waals surface area contributed by atoms with Crippen molar-refractivity contribution in [3.8, 4) is 0 Å². The molecule has 0 fully saturated rings. The van der Waals surface area contributed by atoms with Crippen molar-refractivity contribution in [1.82, 2.24) is 5.32 Å². The number of carbonyl (C=O) groups is 2. The van der Waals surface area contributed by atoms with Crippen molar-refractivity contribution in [2.45, 2.75) is 20.3 Å². The number of benzene rings is 1. The SMILES string of the molecule is CC(C)CNC(=O)c1cccc(NC(=O)Cc2cccs2)c1. The van der Waals surface area contributed by atoms with E-state index < -0.39 is 0 Å². The highest BCUT2D eigenvalue weighted by Crippen LogP contribution is 2.13. The Hall–Kier alpha value is -2.14. The zero-order chi connectivity index (χ0) is 15.9. The molecule has 1 aromatic carbocycles.